The quantitative estimate of drug-likeness (QED) is 0.513. The molecule has 2 N–H and O–H groups in total. The lowest BCUT2D eigenvalue weighted by Gasteiger charge is -2.26. The molecule has 200 valence electrons. The normalized spacial score (nSPS) is 21.0. The van der Waals surface area contributed by atoms with Gasteiger partial charge in [0.15, 0.2) is 11.9 Å². The van der Waals surface area contributed by atoms with E-state index >= 15 is 8.78 Å². The Labute approximate surface area is 212 Å². The monoisotopic (exact) mass is 521 g/mol. The molecule has 3 heterocycles. The Bertz CT molecular complexity index is 1140. The zero-order chi connectivity index (χ0) is 26.7. The fourth-order valence-electron chi connectivity index (χ4n) is 4.01. The first-order chi connectivity index (χ1) is 17.5. The van der Waals surface area contributed by atoms with Crippen LogP contribution in [0.5, 0.6) is 5.88 Å². The molecule has 37 heavy (non-hydrogen) atoms. The summed E-state index contributed by atoms with van der Waals surface area (Å²) in [6, 6.07) is 2.66. The van der Waals surface area contributed by atoms with Gasteiger partial charge < -0.3 is 29.2 Å². The van der Waals surface area contributed by atoms with Crippen LogP contribution in [-0.2, 0) is 14.3 Å². The second-order valence-electron chi connectivity index (χ2n) is 9.76. The second-order valence-corrected chi connectivity index (χ2v) is 9.76. The summed E-state index contributed by atoms with van der Waals surface area (Å²) < 4.78 is 51.1. The smallest absolute Gasteiger partial charge is 0.414 e. The number of aliphatic hydroxyl groups is 1. The molecule has 2 aliphatic heterocycles. The van der Waals surface area contributed by atoms with E-state index in [9.17, 15) is 14.7 Å². The number of hydrogen-bond acceptors (Lipinski definition) is 9. The highest BCUT2D eigenvalue weighted by Crippen LogP contribution is 2.32. The van der Waals surface area contributed by atoms with E-state index in [1.54, 1.807) is 20.8 Å². The predicted octanol–water partition coefficient (Wildman–Crippen LogP) is 2.85. The molecule has 2 aromatic rings. The Hall–Kier alpha value is -3.35. The zero-order valence-corrected chi connectivity index (χ0v) is 20.7. The largest absolute Gasteiger partial charge is 0.471 e. The Kier molecular flexibility index (Phi) is 7.90. The van der Waals surface area contributed by atoms with Gasteiger partial charge in [0.2, 0.25) is 0 Å². The van der Waals surface area contributed by atoms with Gasteiger partial charge in [0.1, 0.15) is 30.6 Å². The lowest BCUT2D eigenvalue weighted by Crippen LogP contribution is -2.46. The summed E-state index contributed by atoms with van der Waals surface area (Å²) in [7, 11) is 0. The lowest BCUT2D eigenvalue weighted by atomic mass is 9.93. The highest BCUT2D eigenvalue weighted by atomic mass is 19.1. The molecule has 1 amide bonds. The van der Waals surface area contributed by atoms with Crippen molar-refractivity contribution in [3.05, 3.63) is 47.7 Å². The first kappa shape index (κ1) is 26.7. The van der Waals surface area contributed by atoms with E-state index < -0.39 is 47.4 Å². The van der Waals surface area contributed by atoms with Gasteiger partial charge in [-0.1, -0.05) is 6.08 Å². The summed E-state index contributed by atoms with van der Waals surface area (Å²) in [5.41, 5.74) is -0.556. The number of aliphatic hydroxyl groups excluding tert-OH is 1. The van der Waals surface area contributed by atoms with Crippen molar-refractivity contribution in [3.63, 3.8) is 0 Å². The van der Waals surface area contributed by atoms with Crippen molar-refractivity contribution in [2.75, 3.05) is 31.2 Å². The molecule has 1 saturated heterocycles. The van der Waals surface area contributed by atoms with Crippen LogP contribution in [-0.4, -0.2) is 72.3 Å². The maximum absolute atomic E-state index is 15.2. The number of cyclic esters (lactones) is 1. The van der Waals surface area contributed by atoms with E-state index in [4.69, 9.17) is 14.2 Å². The molecule has 12 heteroatoms. The maximum Gasteiger partial charge on any atom is 0.414 e. The number of Topliss-reactive ketones (excluding diaryl/α,β-unsaturated/α-hetero) is 1. The number of carbonyl (C=O) groups excluding carboxylic acids is 2. The van der Waals surface area contributed by atoms with Gasteiger partial charge in [-0.05, 0) is 50.1 Å². The number of aromatic nitrogens is 1. The summed E-state index contributed by atoms with van der Waals surface area (Å²) in [6.07, 6.45) is 0.163. The van der Waals surface area contributed by atoms with E-state index in [2.05, 4.69) is 15.0 Å². The highest BCUT2D eigenvalue weighted by molar-refractivity contribution is 5.93. The van der Waals surface area contributed by atoms with E-state index in [0.717, 1.165) is 17.0 Å². The number of nitrogens with one attached hydrogen (secondary N) is 1. The van der Waals surface area contributed by atoms with Crippen LogP contribution >= 0.6 is 0 Å². The molecule has 0 aliphatic carbocycles. The highest BCUT2D eigenvalue weighted by Gasteiger charge is 2.35. The molecule has 2 aliphatic rings. The summed E-state index contributed by atoms with van der Waals surface area (Å²) in [5.74, 6) is -2.11. The minimum Gasteiger partial charge on any atom is -0.471 e. The average molecular weight is 522 g/mol. The van der Waals surface area contributed by atoms with Gasteiger partial charge >= 0.3 is 6.09 Å². The van der Waals surface area contributed by atoms with Crippen LogP contribution in [0.4, 0.5) is 19.3 Å². The van der Waals surface area contributed by atoms with Crippen LogP contribution in [0, 0.1) is 11.6 Å². The number of nitrogens with zero attached hydrogens (tertiary/aromatic N) is 2. The van der Waals surface area contributed by atoms with Gasteiger partial charge in [-0.15, -0.1) is 0 Å². The van der Waals surface area contributed by atoms with E-state index in [1.807, 2.05) is 0 Å². The second kappa shape index (κ2) is 11.0. The van der Waals surface area contributed by atoms with Crippen molar-refractivity contribution in [1.82, 2.24) is 10.5 Å². The molecular formula is C25H29F2N3O7. The minimum atomic E-state index is -1.40. The fourth-order valence-corrected chi connectivity index (χ4v) is 4.01. The number of anilines is 1. The van der Waals surface area contributed by atoms with Gasteiger partial charge in [0, 0.05) is 18.2 Å². The fraction of sp³-hybridized carbons (Fsp3) is 0.480. The molecule has 0 radical (unpaired) electrons. The Morgan fingerprint density at radius 2 is 2.05 bits per heavy atom. The molecule has 0 bridgehead atoms. The number of halogens is 2. The molecule has 1 aromatic carbocycles. The van der Waals surface area contributed by atoms with Crippen molar-refractivity contribution >= 4 is 23.1 Å². The molecule has 1 unspecified atom stereocenters. The summed E-state index contributed by atoms with van der Waals surface area (Å²) in [4.78, 5) is 26.1. The van der Waals surface area contributed by atoms with Crippen LogP contribution in [0.1, 0.15) is 32.8 Å². The van der Waals surface area contributed by atoms with Crippen LogP contribution in [0.15, 0.2) is 35.1 Å². The van der Waals surface area contributed by atoms with Gasteiger partial charge in [-0.2, -0.15) is 0 Å². The van der Waals surface area contributed by atoms with Crippen LogP contribution in [0.25, 0.3) is 5.57 Å². The number of rotatable bonds is 9. The lowest BCUT2D eigenvalue weighted by molar-refractivity contribution is -0.134. The Morgan fingerprint density at radius 1 is 1.32 bits per heavy atom. The Morgan fingerprint density at radius 3 is 2.70 bits per heavy atom. The van der Waals surface area contributed by atoms with Crippen molar-refractivity contribution in [2.24, 2.45) is 0 Å². The van der Waals surface area contributed by atoms with Gasteiger partial charge in [-0.3, -0.25) is 9.69 Å². The summed E-state index contributed by atoms with van der Waals surface area (Å²) in [6.45, 7) is 5.48. The van der Waals surface area contributed by atoms with E-state index in [0.29, 0.717) is 0 Å². The molecule has 0 saturated carbocycles. The number of hydrogen-bond donors (Lipinski definition) is 2. The molecule has 3 atom stereocenters. The van der Waals surface area contributed by atoms with Crippen LogP contribution < -0.4 is 15.0 Å². The molecule has 1 fully saturated rings. The predicted molar refractivity (Wildman–Crippen MR) is 127 cm³/mol. The minimum absolute atomic E-state index is 0.00963. The number of ether oxygens (including phenoxy) is 3. The topological polar surface area (TPSA) is 123 Å². The first-order valence-electron chi connectivity index (χ1n) is 11.8. The van der Waals surface area contributed by atoms with Crippen molar-refractivity contribution in [3.8, 4) is 5.88 Å². The van der Waals surface area contributed by atoms with E-state index in [1.165, 1.54) is 18.4 Å². The summed E-state index contributed by atoms with van der Waals surface area (Å²) in [5, 5.41) is 16.8. The standard InChI is InChI=1S/C25H29F2N3O7/c1-25(2,3)35-13-20(31)23(32)19-8-14(4-6-28-19)22-17(26)9-15(10-18(22)27)30-11-16(37-24(30)33)12-34-21-5-7-36-29-21/h5,7-10,16,19-20,28,31H,4,6,11-13H2,1-3H3/t16-,19?,20+/m1/s1. The number of amides is 1. The molecule has 4 rings (SSSR count). The summed E-state index contributed by atoms with van der Waals surface area (Å²) >= 11 is 0. The third kappa shape index (κ3) is 6.51. The van der Waals surface area contributed by atoms with Gasteiger partial charge in [0.25, 0.3) is 5.88 Å². The SMILES string of the molecule is CC(C)(C)OC[C@H](O)C(=O)C1C=C(c2c(F)cc(N3C[C@H](COc4ccon4)OC3=O)cc2F)CCN1. The van der Waals surface area contributed by atoms with E-state index in [-0.39, 0.29) is 55.4 Å². The third-order valence-electron chi connectivity index (χ3n) is 5.80. The third-order valence-corrected chi connectivity index (χ3v) is 5.80. The molecular weight excluding hydrogens is 492 g/mol. The average Bonchev–Trinajstić information content (AvgIpc) is 3.49. The van der Waals surface area contributed by atoms with Crippen LogP contribution in [0.2, 0.25) is 0 Å². The van der Waals surface area contributed by atoms with Gasteiger partial charge in [0.05, 0.1) is 30.5 Å². The molecule has 10 nitrogen and oxygen atoms in total. The molecule has 0 spiro atoms. The number of ketones is 1. The number of carbonyl (C=O) groups is 2. The Balaban J connectivity index is 1.46. The van der Waals surface area contributed by atoms with Crippen LogP contribution in [0.3, 0.4) is 0 Å². The molecule has 1 aromatic heterocycles. The van der Waals surface area contributed by atoms with Crippen molar-refractivity contribution in [2.45, 2.75) is 51.0 Å². The van der Waals surface area contributed by atoms with Crippen molar-refractivity contribution in [1.29, 1.82) is 0 Å². The zero-order valence-electron chi connectivity index (χ0n) is 20.7. The first-order valence-corrected chi connectivity index (χ1v) is 11.8. The van der Waals surface area contributed by atoms with Gasteiger partial charge in [-0.25, -0.2) is 13.6 Å². The van der Waals surface area contributed by atoms with Crippen molar-refractivity contribution < 1.29 is 42.2 Å². The maximum atomic E-state index is 15.2. The number of benzene rings is 1.